The Bertz CT molecular complexity index is 584. The van der Waals surface area contributed by atoms with Gasteiger partial charge in [-0.15, -0.1) is 10.2 Å². The molecule has 0 saturated carbocycles. The van der Waals surface area contributed by atoms with E-state index in [2.05, 4.69) is 27.0 Å². The van der Waals surface area contributed by atoms with Crippen LogP contribution in [0.2, 0.25) is 0 Å². The highest BCUT2D eigenvalue weighted by Gasteiger charge is 2.22. The Morgan fingerprint density at radius 2 is 2.00 bits per heavy atom. The number of benzene rings is 1. The molecule has 1 fully saturated rings. The summed E-state index contributed by atoms with van der Waals surface area (Å²) in [4.78, 5) is 6.68. The molecule has 5 heteroatoms. The molecule has 1 aliphatic heterocycles. The second kappa shape index (κ2) is 5.45. The van der Waals surface area contributed by atoms with Crippen LogP contribution in [0.3, 0.4) is 0 Å². The van der Waals surface area contributed by atoms with Crippen LogP contribution in [0.25, 0.3) is 11.3 Å². The van der Waals surface area contributed by atoms with Gasteiger partial charge in [0.15, 0.2) is 5.82 Å². The van der Waals surface area contributed by atoms with Gasteiger partial charge in [0.25, 0.3) is 0 Å². The average Bonchev–Trinajstić information content (AvgIpc) is 2.48. The number of piperidine rings is 1. The summed E-state index contributed by atoms with van der Waals surface area (Å²) >= 11 is 0. The molecule has 104 valence electrons. The van der Waals surface area contributed by atoms with Gasteiger partial charge in [-0.1, -0.05) is 37.3 Å². The normalized spacial score (nSPS) is 19.1. The fourth-order valence-electron chi connectivity index (χ4n) is 2.72. The van der Waals surface area contributed by atoms with E-state index >= 15 is 0 Å². The molecule has 0 amide bonds. The number of rotatable bonds is 2. The van der Waals surface area contributed by atoms with E-state index in [0.717, 1.165) is 30.2 Å². The lowest BCUT2D eigenvalue weighted by molar-refractivity contribution is 0.443. The lowest BCUT2D eigenvalue weighted by Crippen LogP contribution is -2.35. The molecule has 2 heterocycles. The number of anilines is 2. The number of nitrogen functional groups attached to an aromatic ring is 1. The van der Waals surface area contributed by atoms with Crippen LogP contribution in [0.15, 0.2) is 30.3 Å². The van der Waals surface area contributed by atoms with Crippen LogP contribution < -0.4 is 10.6 Å². The van der Waals surface area contributed by atoms with Crippen LogP contribution >= 0.6 is 0 Å². The van der Waals surface area contributed by atoms with Crippen molar-refractivity contribution in [3.05, 3.63) is 30.3 Å². The van der Waals surface area contributed by atoms with Gasteiger partial charge >= 0.3 is 0 Å². The second-order valence-electron chi connectivity index (χ2n) is 5.40. The molecule has 0 radical (unpaired) electrons. The monoisotopic (exact) mass is 269 g/mol. The van der Waals surface area contributed by atoms with Crippen LogP contribution in [0, 0.1) is 5.92 Å². The van der Waals surface area contributed by atoms with E-state index in [-0.39, 0.29) is 5.95 Å². The predicted molar refractivity (Wildman–Crippen MR) is 80.3 cm³/mol. The smallest absolute Gasteiger partial charge is 0.240 e. The van der Waals surface area contributed by atoms with E-state index in [0.29, 0.717) is 5.92 Å². The van der Waals surface area contributed by atoms with Crippen molar-refractivity contribution >= 4 is 11.8 Å². The highest BCUT2D eigenvalue weighted by atomic mass is 15.3. The van der Waals surface area contributed by atoms with Crippen molar-refractivity contribution in [2.24, 2.45) is 5.92 Å². The fourth-order valence-corrected chi connectivity index (χ4v) is 2.72. The molecule has 2 aromatic rings. The Hall–Kier alpha value is -2.17. The fraction of sp³-hybridized carbons (Fsp3) is 0.400. The minimum atomic E-state index is 0.220. The topological polar surface area (TPSA) is 67.9 Å². The minimum absolute atomic E-state index is 0.220. The third-order valence-corrected chi connectivity index (χ3v) is 3.69. The molecule has 20 heavy (non-hydrogen) atoms. The number of hydrogen-bond acceptors (Lipinski definition) is 5. The molecule has 0 bridgehead atoms. The maximum atomic E-state index is 5.72. The molecule has 1 unspecified atom stereocenters. The first kappa shape index (κ1) is 12.8. The zero-order valence-corrected chi connectivity index (χ0v) is 11.7. The van der Waals surface area contributed by atoms with E-state index in [1.165, 1.54) is 12.8 Å². The zero-order valence-electron chi connectivity index (χ0n) is 11.7. The molecule has 1 aliphatic rings. The molecule has 0 spiro atoms. The highest BCUT2D eigenvalue weighted by Crippen LogP contribution is 2.29. The van der Waals surface area contributed by atoms with Crippen molar-refractivity contribution in [3.63, 3.8) is 0 Å². The highest BCUT2D eigenvalue weighted by molar-refractivity contribution is 5.72. The first-order valence-corrected chi connectivity index (χ1v) is 7.04. The number of nitrogens with two attached hydrogens (primary N) is 1. The molecule has 0 aliphatic carbocycles. The molecule has 1 saturated heterocycles. The summed E-state index contributed by atoms with van der Waals surface area (Å²) in [5.41, 5.74) is 7.57. The van der Waals surface area contributed by atoms with Gasteiger partial charge in [-0.05, 0) is 18.8 Å². The van der Waals surface area contributed by atoms with Crippen LogP contribution in [0.4, 0.5) is 11.8 Å². The van der Waals surface area contributed by atoms with Gasteiger partial charge in [0.2, 0.25) is 5.95 Å². The standard InChI is InChI=1S/C15H19N5/c1-11-6-5-9-20(10-11)14-13(17-15(16)19-18-14)12-7-3-2-4-8-12/h2-4,7-8,11H,5-6,9-10H2,1H3,(H2,16,17,19). The minimum Gasteiger partial charge on any atom is -0.366 e. The molecule has 1 aromatic carbocycles. The van der Waals surface area contributed by atoms with Crippen molar-refractivity contribution in [1.29, 1.82) is 0 Å². The quantitative estimate of drug-likeness (QED) is 0.906. The zero-order chi connectivity index (χ0) is 13.9. The second-order valence-corrected chi connectivity index (χ2v) is 5.40. The van der Waals surface area contributed by atoms with Crippen LogP contribution in [-0.4, -0.2) is 28.3 Å². The summed E-state index contributed by atoms with van der Waals surface area (Å²) in [7, 11) is 0. The SMILES string of the molecule is CC1CCCN(c2nnc(N)nc2-c2ccccc2)C1. The molecule has 3 rings (SSSR count). The largest absolute Gasteiger partial charge is 0.366 e. The van der Waals surface area contributed by atoms with Gasteiger partial charge in [0.05, 0.1) is 0 Å². The van der Waals surface area contributed by atoms with Crippen molar-refractivity contribution in [3.8, 4) is 11.3 Å². The van der Waals surface area contributed by atoms with Gasteiger partial charge in [-0.25, -0.2) is 4.98 Å². The number of hydrogen-bond donors (Lipinski definition) is 1. The summed E-state index contributed by atoms with van der Waals surface area (Å²) in [6.07, 6.45) is 2.45. The summed E-state index contributed by atoms with van der Waals surface area (Å²) in [5, 5.41) is 8.24. The number of nitrogens with zero attached hydrogens (tertiary/aromatic N) is 4. The Labute approximate surface area is 118 Å². The van der Waals surface area contributed by atoms with Crippen LogP contribution in [0.5, 0.6) is 0 Å². The van der Waals surface area contributed by atoms with Crippen molar-refractivity contribution < 1.29 is 0 Å². The first-order chi connectivity index (χ1) is 9.74. The molecular formula is C15H19N5. The average molecular weight is 269 g/mol. The van der Waals surface area contributed by atoms with Gasteiger partial charge < -0.3 is 10.6 Å². The van der Waals surface area contributed by atoms with Crippen molar-refractivity contribution in [2.45, 2.75) is 19.8 Å². The van der Waals surface area contributed by atoms with E-state index in [4.69, 9.17) is 5.73 Å². The van der Waals surface area contributed by atoms with Gasteiger partial charge in [0.1, 0.15) is 5.69 Å². The van der Waals surface area contributed by atoms with Gasteiger partial charge in [-0.3, -0.25) is 0 Å². The maximum absolute atomic E-state index is 5.72. The van der Waals surface area contributed by atoms with Crippen LogP contribution in [-0.2, 0) is 0 Å². The first-order valence-electron chi connectivity index (χ1n) is 7.04. The Morgan fingerprint density at radius 1 is 1.20 bits per heavy atom. The van der Waals surface area contributed by atoms with E-state index in [9.17, 15) is 0 Å². The lowest BCUT2D eigenvalue weighted by atomic mass is 10.00. The molecular weight excluding hydrogens is 250 g/mol. The molecule has 1 aromatic heterocycles. The van der Waals surface area contributed by atoms with E-state index in [1.807, 2.05) is 30.3 Å². The summed E-state index contributed by atoms with van der Waals surface area (Å²) < 4.78 is 0. The predicted octanol–water partition coefficient (Wildman–Crippen LogP) is 2.36. The summed E-state index contributed by atoms with van der Waals surface area (Å²) in [6, 6.07) is 10.0. The summed E-state index contributed by atoms with van der Waals surface area (Å²) in [5.74, 6) is 1.74. The Morgan fingerprint density at radius 3 is 2.75 bits per heavy atom. The Kier molecular flexibility index (Phi) is 3.50. The third-order valence-electron chi connectivity index (χ3n) is 3.69. The van der Waals surface area contributed by atoms with E-state index in [1.54, 1.807) is 0 Å². The van der Waals surface area contributed by atoms with Gasteiger partial charge in [0, 0.05) is 18.7 Å². The molecule has 1 atom stereocenters. The number of aromatic nitrogens is 3. The lowest BCUT2D eigenvalue weighted by Gasteiger charge is -2.32. The molecule has 2 N–H and O–H groups in total. The van der Waals surface area contributed by atoms with E-state index < -0.39 is 0 Å². The Balaban J connectivity index is 2.02. The molecule has 5 nitrogen and oxygen atoms in total. The van der Waals surface area contributed by atoms with Gasteiger partial charge in [-0.2, -0.15) is 0 Å². The van der Waals surface area contributed by atoms with Crippen molar-refractivity contribution in [2.75, 3.05) is 23.7 Å². The van der Waals surface area contributed by atoms with Crippen LogP contribution in [0.1, 0.15) is 19.8 Å². The third kappa shape index (κ3) is 2.57. The van der Waals surface area contributed by atoms with Crippen molar-refractivity contribution in [1.82, 2.24) is 15.2 Å². The maximum Gasteiger partial charge on any atom is 0.240 e. The summed E-state index contributed by atoms with van der Waals surface area (Å²) in [6.45, 7) is 4.27.